The Hall–Kier alpha value is -1.68. The largest absolute Gasteiger partial charge is 0.348 e. The zero-order valence-corrected chi connectivity index (χ0v) is 13.8. The van der Waals surface area contributed by atoms with E-state index in [9.17, 15) is 4.79 Å². The number of benzene rings is 1. The van der Waals surface area contributed by atoms with Gasteiger partial charge in [-0.25, -0.2) is 0 Å². The number of rotatable bonds is 4. The maximum Gasteiger partial charge on any atom is 0.224 e. The maximum atomic E-state index is 12.1. The van der Waals surface area contributed by atoms with Crippen LogP contribution in [0.25, 0.3) is 0 Å². The highest BCUT2D eigenvalue weighted by Gasteiger charge is 2.14. The van der Waals surface area contributed by atoms with Crippen molar-refractivity contribution in [2.75, 3.05) is 0 Å². The van der Waals surface area contributed by atoms with Crippen LogP contribution in [0.4, 0.5) is 0 Å². The minimum Gasteiger partial charge on any atom is -0.348 e. The fourth-order valence-electron chi connectivity index (χ4n) is 2.11. The number of hydrogen-bond acceptors (Lipinski definition) is 3. The first-order valence-corrected chi connectivity index (χ1v) is 8.01. The summed E-state index contributed by atoms with van der Waals surface area (Å²) in [4.78, 5) is 17.2. The lowest BCUT2D eigenvalue weighted by atomic mass is 9.86. The average Bonchev–Trinajstić information content (AvgIpc) is 2.92. The Morgan fingerprint density at radius 2 is 1.95 bits per heavy atom. The van der Waals surface area contributed by atoms with E-state index in [1.165, 1.54) is 5.56 Å². The van der Waals surface area contributed by atoms with Crippen LogP contribution in [-0.2, 0) is 16.6 Å². The molecule has 0 saturated heterocycles. The molecule has 112 valence electrons. The SMILES string of the molecule is C[C@H](NC(=O)Cc1ccc(C(C)(C)C)cc1)c1cncs1. The van der Waals surface area contributed by atoms with E-state index in [2.05, 4.69) is 43.2 Å². The summed E-state index contributed by atoms with van der Waals surface area (Å²) < 4.78 is 0. The van der Waals surface area contributed by atoms with E-state index >= 15 is 0 Å². The lowest BCUT2D eigenvalue weighted by molar-refractivity contribution is -0.121. The molecule has 1 atom stereocenters. The van der Waals surface area contributed by atoms with E-state index in [1.54, 1.807) is 23.0 Å². The number of carbonyl (C=O) groups is 1. The van der Waals surface area contributed by atoms with E-state index in [4.69, 9.17) is 0 Å². The summed E-state index contributed by atoms with van der Waals surface area (Å²) in [6.07, 6.45) is 2.21. The first-order chi connectivity index (χ1) is 9.86. The van der Waals surface area contributed by atoms with Gasteiger partial charge in [0, 0.05) is 11.1 Å². The molecule has 1 heterocycles. The van der Waals surface area contributed by atoms with Crippen molar-refractivity contribution in [3.8, 4) is 0 Å². The molecule has 0 fully saturated rings. The molecule has 0 radical (unpaired) electrons. The predicted molar refractivity (Wildman–Crippen MR) is 87.5 cm³/mol. The quantitative estimate of drug-likeness (QED) is 0.932. The van der Waals surface area contributed by atoms with Gasteiger partial charge < -0.3 is 5.32 Å². The Morgan fingerprint density at radius 1 is 1.29 bits per heavy atom. The maximum absolute atomic E-state index is 12.1. The zero-order valence-electron chi connectivity index (χ0n) is 13.0. The number of nitrogens with zero attached hydrogens (tertiary/aromatic N) is 1. The summed E-state index contributed by atoms with van der Waals surface area (Å²) in [6, 6.07) is 8.30. The van der Waals surface area contributed by atoms with E-state index in [0.717, 1.165) is 10.4 Å². The molecule has 4 heteroatoms. The molecule has 1 N–H and O–H groups in total. The molecule has 21 heavy (non-hydrogen) atoms. The van der Waals surface area contributed by atoms with Crippen LogP contribution in [0.5, 0.6) is 0 Å². The Bertz CT molecular complexity index is 582. The number of nitrogens with one attached hydrogen (secondary N) is 1. The van der Waals surface area contributed by atoms with Crippen LogP contribution in [-0.4, -0.2) is 10.9 Å². The Morgan fingerprint density at radius 3 is 2.48 bits per heavy atom. The average molecular weight is 302 g/mol. The highest BCUT2D eigenvalue weighted by Crippen LogP contribution is 2.22. The van der Waals surface area contributed by atoms with Gasteiger partial charge in [-0.1, -0.05) is 45.0 Å². The molecule has 0 spiro atoms. The lowest BCUT2D eigenvalue weighted by Gasteiger charge is -2.19. The van der Waals surface area contributed by atoms with Crippen LogP contribution < -0.4 is 5.32 Å². The van der Waals surface area contributed by atoms with Crippen molar-refractivity contribution in [2.24, 2.45) is 0 Å². The van der Waals surface area contributed by atoms with Crippen molar-refractivity contribution in [2.45, 2.75) is 45.6 Å². The van der Waals surface area contributed by atoms with Gasteiger partial charge in [-0.05, 0) is 23.5 Å². The number of thiazole rings is 1. The summed E-state index contributed by atoms with van der Waals surface area (Å²) in [5.41, 5.74) is 4.24. The second-order valence-corrected chi connectivity index (χ2v) is 7.23. The van der Waals surface area contributed by atoms with E-state index < -0.39 is 0 Å². The summed E-state index contributed by atoms with van der Waals surface area (Å²) >= 11 is 1.56. The van der Waals surface area contributed by atoms with Crippen molar-refractivity contribution in [3.63, 3.8) is 0 Å². The molecule has 1 aromatic carbocycles. The molecule has 0 saturated carbocycles. The number of amides is 1. The topological polar surface area (TPSA) is 42.0 Å². The third kappa shape index (κ3) is 4.39. The van der Waals surface area contributed by atoms with Crippen LogP contribution in [0.3, 0.4) is 0 Å². The zero-order chi connectivity index (χ0) is 15.5. The normalized spacial score (nSPS) is 13.0. The van der Waals surface area contributed by atoms with Gasteiger partial charge in [0.15, 0.2) is 0 Å². The predicted octanol–water partition coefficient (Wildman–Crippen LogP) is 3.86. The second-order valence-electron chi connectivity index (χ2n) is 6.32. The van der Waals surface area contributed by atoms with Crippen LogP contribution in [0.2, 0.25) is 0 Å². The molecular weight excluding hydrogens is 280 g/mol. The van der Waals surface area contributed by atoms with Gasteiger partial charge in [0.25, 0.3) is 0 Å². The summed E-state index contributed by atoms with van der Waals surface area (Å²) in [6.45, 7) is 8.54. The van der Waals surface area contributed by atoms with Crippen molar-refractivity contribution in [1.82, 2.24) is 10.3 Å². The summed E-state index contributed by atoms with van der Waals surface area (Å²) in [5, 5.41) is 3.01. The first kappa shape index (κ1) is 15.7. The van der Waals surface area contributed by atoms with Gasteiger partial charge in [-0.15, -0.1) is 11.3 Å². The fourth-order valence-corrected chi connectivity index (χ4v) is 2.74. The molecule has 1 amide bonds. The van der Waals surface area contributed by atoms with Crippen molar-refractivity contribution >= 4 is 17.2 Å². The minimum absolute atomic E-state index is 0.0128. The first-order valence-electron chi connectivity index (χ1n) is 7.13. The number of aromatic nitrogens is 1. The highest BCUT2D eigenvalue weighted by atomic mass is 32.1. The van der Waals surface area contributed by atoms with Crippen LogP contribution >= 0.6 is 11.3 Å². The van der Waals surface area contributed by atoms with Crippen molar-refractivity contribution < 1.29 is 4.79 Å². The Labute approximate surface area is 130 Å². The molecule has 2 rings (SSSR count). The molecule has 2 aromatic rings. The van der Waals surface area contributed by atoms with Gasteiger partial charge in [0.2, 0.25) is 5.91 Å². The molecule has 0 aliphatic carbocycles. The Kier molecular flexibility index (Phi) is 4.78. The van der Waals surface area contributed by atoms with Crippen molar-refractivity contribution in [1.29, 1.82) is 0 Å². The van der Waals surface area contributed by atoms with Gasteiger partial charge >= 0.3 is 0 Å². The highest BCUT2D eigenvalue weighted by molar-refractivity contribution is 7.09. The number of carbonyl (C=O) groups excluding carboxylic acids is 1. The van der Waals surface area contributed by atoms with Crippen molar-refractivity contribution in [3.05, 3.63) is 52.0 Å². The summed E-state index contributed by atoms with van der Waals surface area (Å²) in [5.74, 6) is 0.0411. The lowest BCUT2D eigenvalue weighted by Crippen LogP contribution is -2.27. The van der Waals surface area contributed by atoms with E-state index in [-0.39, 0.29) is 17.4 Å². The molecule has 1 aromatic heterocycles. The summed E-state index contributed by atoms with van der Waals surface area (Å²) in [7, 11) is 0. The molecule has 0 bridgehead atoms. The third-order valence-electron chi connectivity index (χ3n) is 3.44. The van der Waals surface area contributed by atoms with Crippen LogP contribution in [0.1, 0.15) is 49.7 Å². The van der Waals surface area contributed by atoms with Gasteiger partial charge in [0.1, 0.15) is 0 Å². The molecule has 3 nitrogen and oxygen atoms in total. The minimum atomic E-state index is 0.0128. The number of hydrogen-bond donors (Lipinski definition) is 1. The molecular formula is C17H22N2OS. The van der Waals surface area contributed by atoms with E-state index in [0.29, 0.717) is 6.42 Å². The van der Waals surface area contributed by atoms with Crippen LogP contribution in [0.15, 0.2) is 36.0 Å². The van der Waals surface area contributed by atoms with Gasteiger partial charge in [-0.3, -0.25) is 9.78 Å². The third-order valence-corrected chi connectivity index (χ3v) is 4.40. The van der Waals surface area contributed by atoms with Gasteiger partial charge in [-0.2, -0.15) is 0 Å². The molecule has 0 unspecified atom stereocenters. The standard InChI is InChI=1S/C17H22N2OS/c1-12(15-10-18-11-21-15)19-16(20)9-13-5-7-14(8-6-13)17(2,3)4/h5-8,10-12H,9H2,1-4H3,(H,19,20)/t12-/m0/s1. The molecule has 0 aliphatic heterocycles. The second kappa shape index (κ2) is 6.39. The Balaban J connectivity index is 1.94. The monoisotopic (exact) mass is 302 g/mol. The molecule has 0 aliphatic rings. The van der Waals surface area contributed by atoms with Gasteiger partial charge in [0.05, 0.1) is 18.0 Å². The fraction of sp³-hybridized carbons (Fsp3) is 0.412. The van der Waals surface area contributed by atoms with E-state index in [1.807, 2.05) is 19.1 Å². The smallest absolute Gasteiger partial charge is 0.224 e. The van der Waals surface area contributed by atoms with Crippen LogP contribution in [0, 0.1) is 0 Å².